The van der Waals surface area contributed by atoms with Gasteiger partial charge in [-0.05, 0) is 61.4 Å². The molecule has 1 N–H and O–H groups in total. The summed E-state index contributed by atoms with van der Waals surface area (Å²) in [6.45, 7) is 4.49. The number of benzene rings is 3. The van der Waals surface area contributed by atoms with E-state index in [0.717, 1.165) is 23.4 Å². The third kappa shape index (κ3) is 4.77. The fraction of sp³-hybridized carbons (Fsp3) is 0.231. The second-order valence-electron chi connectivity index (χ2n) is 7.82. The molecule has 4 rings (SSSR count). The highest BCUT2D eigenvalue weighted by Gasteiger charge is 2.35. The van der Waals surface area contributed by atoms with Gasteiger partial charge in [0.1, 0.15) is 11.5 Å². The fourth-order valence-corrected chi connectivity index (χ4v) is 3.78. The number of carbonyl (C=O) groups excluding carboxylic acids is 2. The van der Waals surface area contributed by atoms with E-state index in [1.165, 1.54) is 5.56 Å². The lowest BCUT2D eigenvalue weighted by Crippen LogP contribution is -2.28. The van der Waals surface area contributed by atoms with Gasteiger partial charge in [0.25, 0.3) is 0 Å². The van der Waals surface area contributed by atoms with Crippen LogP contribution in [0.1, 0.15) is 24.5 Å². The number of nitrogens with one attached hydrogen (secondary N) is 1. The Balaban J connectivity index is 1.38. The van der Waals surface area contributed by atoms with Crippen molar-refractivity contribution in [1.29, 1.82) is 0 Å². The van der Waals surface area contributed by atoms with Gasteiger partial charge in [-0.25, -0.2) is 0 Å². The van der Waals surface area contributed by atoms with E-state index >= 15 is 0 Å². The van der Waals surface area contributed by atoms with Gasteiger partial charge in [0.05, 0.1) is 5.92 Å². The molecule has 0 unspecified atom stereocenters. The zero-order valence-corrected chi connectivity index (χ0v) is 17.8. The predicted octanol–water partition coefficient (Wildman–Crippen LogP) is 5.34. The molecular weight excluding hydrogens is 388 g/mol. The normalized spacial score (nSPS) is 15.7. The lowest BCUT2D eigenvalue weighted by molar-refractivity contribution is -0.122. The molecular formula is C26H26N2O3. The van der Waals surface area contributed by atoms with Crippen molar-refractivity contribution in [2.45, 2.75) is 26.7 Å². The van der Waals surface area contributed by atoms with E-state index in [-0.39, 0.29) is 24.2 Å². The topological polar surface area (TPSA) is 58.6 Å². The van der Waals surface area contributed by atoms with Crippen molar-refractivity contribution in [3.05, 3.63) is 83.9 Å². The molecule has 0 bridgehead atoms. The minimum atomic E-state index is -0.374. The quantitative estimate of drug-likeness (QED) is 0.592. The molecule has 31 heavy (non-hydrogen) atoms. The van der Waals surface area contributed by atoms with Crippen molar-refractivity contribution in [3.63, 3.8) is 0 Å². The van der Waals surface area contributed by atoms with Crippen LogP contribution in [0.4, 0.5) is 11.4 Å². The number of carbonyl (C=O) groups is 2. The highest BCUT2D eigenvalue weighted by molar-refractivity contribution is 6.03. The molecule has 1 aliphatic heterocycles. The molecule has 0 radical (unpaired) electrons. The summed E-state index contributed by atoms with van der Waals surface area (Å²) in [6, 6.07) is 23.0. The van der Waals surface area contributed by atoms with E-state index in [4.69, 9.17) is 4.74 Å². The van der Waals surface area contributed by atoms with Crippen LogP contribution in [0.5, 0.6) is 11.5 Å². The van der Waals surface area contributed by atoms with Crippen LogP contribution in [-0.2, 0) is 16.0 Å². The van der Waals surface area contributed by atoms with Gasteiger partial charge in [0, 0.05) is 24.3 Å². The minimum absolute atomic E-state index is 0.0112. The van der Waals surface area contributed by atoms with Crippen LogP contribution in [0.2, 0.25) is 0 Å². The van der Waals surface area contributed by atoms with Crippen molar-refractivity contribution in [2.24, 2.45) is 5.92 Å². The average Bonchev–Trinajstić information content (AvgIpc) is 3.18. The number of ether oxygens (including phenoxy) is 1. The first kappa shape index (κ1) is 20.7. The Hall–Kier alpha value is -3.60. The maximum absolute atomic E-state index is 12.8. The number of hydrogen-bond donors (Lipinski definition) is 1. The highest BCUT2D eigenvalue weighted by atomic mass is 16.5. The number of hydrogen-bond acceptors (Lipinski definition) is 3. The van der Waals surface area contributed by atoms with Crippen molar-refractivity contribution in [1.82, 2.24) is 0 Å². The number of anilines is 2. The summed E-state index contributed by atoms with van der Waals surface area (Å²) in [4.78, 5) is 27.1. The molecule has 1 atom stereocenters. The minimum Gasteiger partial charge on any atom is -0.457 e. The lowest BCUT2D eigenvalue weighted by Gasteiger charge is -2.20. The molecule has 2 amide bonds. The van der Waals surface area contributed by atoms with Crippen LogP contribution in [0.3, 0.4) is 0 Å². The zero-order chi connectivity index (χ0) is 21.8. The first-order valence-corrected chi connectivity index (χ1v) is 10.6. The van der Waals surface area contributed by atoms with Crippen molar-refractivity contribution in [2.75, 3.05) is 16.8 Å². The van der Waals surface area contributed by atoms with Gasteiger partial charge in [-0.2, -0.15) is 0 Å². The fourth-order valence-electron chi connectivity index (χ4n) is 3.78. The van der Waals surface area contributed by atoms with Gasteiger partial charge in [0.2, 0.25) is 11.8 Å². The first-order chi connectivity index (χ1) is 15.0. The van der Waals surface area contributed by atoms with Crippen LogP contribution in [0, 0.1) is 12.8 Å². The van der Waals surface area contributed by atoms with Gasteiger partial charge in [0.15, 0.2) is 0 Å². The molecule has 0 aromatic heterocycles. The molecule has 158 valence electrons. The first-order valence-electron chi connectivity index (χ1n) is 10.6. The number of para-hydroxylation sites is 1. The molecule has 0 spiro atoms. The molecule has 5 nitrogen and oxygen atoms in total. The molecule has 3 aromatic rings. The molecule has 0 saturated carbocycles. The van der Waals surface area contributed by atoms with E-state index in [0.29, 0.717) is 18.0 Å². The van der Waals surface area contributed by atoms with Crippen molar-refractivity contribution < 1.29 is 14.3 Å². The summed E-state index contributed by atoms with van der Waals surface area (Å²) < 4.78 is 5.83. The van der Waals surface area contributed by atoms with Crippen molar-refractivity contribution in [3.8, 4) is 11.5 Å². The summed E-state index contributed by atoms with van der Waals surface area (Å²) >= 11 is 0. The molecule has 1 fully saturated rings. The van der Waals surface area contributed by atoms with E-state index in [1.54, 1.807) is 4.90 Å². The smallest absolute Gasteiger partial charge is 0.229 e. The molecule has 1 saturated heterocycles. The number of amides is 2. The molecule has 1 heterocycles. The SMILES string of the molecule is CCc1ccccc1N1C[C@@H](C(=O)Nc2ccc(Oc3ccc(C)cc3)cc2)CC1=O. The molecule has 5 heteroatoms. The summed E-state index contributed by atoms with van der Waals surface area (Å²) in [5.74, 6) is 0.931. The summed E-state index contributed by atoms with van der Waals surface area (Å²) in [5, 5.41) is 2.93. The Morgan fingerprint density at radius 3 is 2.32 bits per heavy atom. The second-order valence-corrected chi connectivity index (χ2v) is 7.82. The third-order valence-electron chi connectivity index (χ3n) is 5.54. The number of nitrogens with zero attached hydrogens (tertiary/aromatic N) is 1. The average molecular weight is 415 g/mol. The third-order valence-corrected chi connectivity index (χ3v) is 5.54. The summed E-state index contributed by atoms with van der Waals surface area (Å²) in [7, 11) is 0. The van der Waals surface area contributed by atoms with Gasteiger partial charge in [-0.15, -0.1) is 0 Å². The summed E-state index contributed by atoms with van der Waals surface area (Å²) in [6.07, 6.45) is 1.06. The summed E-state index contributed by atoms with van der Waals surface area (Å²) in [5.41, 5.74) is 3.87. The largest absolute Gasteiger partial charge is 0.457 e. The zero-order valence-electron chi connectivity index (χ0n) is 17.8. The van der Waals surface area contributed by atoms with Crippen LogP contribution in [-0.4, -0.2) is 18.4 Å². The molecule has 0 aliphatic carbocycles. The Bertz CT molecular complexity index is 1070. The maximum atomic E-state index is 12.8. The van der Waals surface area contributed by atoms with E-state index in [2.05, 4.69) is 12.2 Å². The predicted molar refractivity (Wildman–Crippen MR) is 123 cm³/mol. The van der Waals surface area contributed by atoms with E-state index in [1.807, 2.05) is 79.7 Å². The molecule has 3 aromatic carbocycles. The Labute approximate surface area is 182 Å². The second kappa shape index (κ2) is 9.04. The number of aryl methyl sites for hydroxylation is 2. The lowest BCUT2D eigenvalue weighted by atomic mass is 10.1. The van der Waals surface area contributed by atoms with Gasteiger partial charge >= 0.3 is 0 Å². The van der Waals surface area contributed by atoms with Crippen molar-refractivity contribution >= 4 is 23.2 Å². The Kier molecular flexibility index (Phi) is 6.03. The Morgan fingerprint density at radius 1 is 1.00 bits per heavy atom. The van der Waals surface area contributed by atoms with E-state index in [9.17, 15) is 9.59 Å². The standard InChI is InChI=1S/C26H26N2O3/c1-3-19-6-4-5-7-24(19)28-17-20(16-25(28)29)26(30)27-21-10-14-23(15-11-21)31-22-12-8-18(2)9-13-22/h4-15,20H,3,16-17H2,1-2H3,(H,27,30)/t20-/m0/s1. The Morgan fingerprint density at radius 2 is 1.65 bits per heavy atom. The van der Waals surface area contributed by atoms with Gasteiger partial charge in [-0.1, -0.05) is 42.8 Å². The maximum Gasteiger partial charge on any atom is 0.229 e. The van der Waals surface area contributed by atoms with Gasteiger partial charge < -0.3 is 15.0 Å². The van der Waals surface area contributed by atoms with Crippen LogP contribution in [0.25, 0.3) is 0 Å². The van der Waals surface area contributed by atoms with Crippen LogP contribution >= 0.6 is 0 Å². The van der Waals surface area contributed by atoms with Gasteiger partial charge in [-0.3, -0.25) is 9.59 Å². The monoisotopic (exact) mass is 414 g/mol. The van der Waals surface area contributed by atoms with Crippen LogP contribution < -0.4 is 15.0 Å². The highest BCUT2D eigenvalue weighted by Crippen LogP contribution is 2.29. The number of rotatable bonds is 6. The van der Waals surface area contributed by atoms with E-state index < -0.39 is 0 Å². The molecule has 1 aliphatic rings. The van der Waals surface area contributed by atoms with Crippen LogP contribution in [0.15, 0.2) is 72.8 Å².